The number of amides is 2. The van der Waals surface area contributed by atoms with Gasteiger partial charge in [-0.1, -0.05) is 12.8 Å². The lowest BCUT2D eigenvalue weighted by Crippen LogP contribution is -2.54. The van der Waals surface area contributed by atoms with E-state index in [-0.39, 0.29) is 12.1 Å². The van der Waals surface area contributed by atoms with Gasteiger partial charge in [0.25, 0.3) is 0 Å². The second kappa shape index (κ2) is 6.23. The van der Waals surface area contributed by atoms with Crippen molar-refractivity contribution >= 4 is 12.0 Å². The van der Waals surface area contributed by atoms with Gasteiger partial charge in [0.15, 0.2) is 0 Å². The number of carbonyl (C=O) groups excluding carboxylic acids is 1. The zero-order chi connectivity index (χ0) is 13.8. The highest BCUT2D eigenvalue weighted by molar-refractivity contribution is 5.82. The molecule has 2 unspecified atom stereocenters. The molecule has 0 aliphatic carbocycles. The number of likely N-dealkylation sites (tertiary alicyclic amines) is 1. The third-order valence-corrected chi connectivity index (χ3v) is 3.80. The molecule has 2 aliphatic rings. The normalized spacial score (nSPS) is 28.9. The highest BCUT2D eigenvalue weighted by atomic mass is 16.5. The van der Waals surface area contributed by atoms with Crippen LogP contribution in [0.4, 0.5) is 4.79 Å². The fraction of sp³-hybridized carbons (Fsp3) is 0.846. The molecule has 2 amide bonds. The Bertz CT molecular complexity index is 348. The second-order valence-corrected chi connectivity index (χ2v) is 5.31. The Hall–Kier alpha value is -1.30. The van der Waals surface area contributed by atoms with Gasteiger partial charge in [-0.05, 0) is 19.8 Å². The molecule has 0 aromatic carbocycles. The van der Waals surface area contributed by atoms with Crippen LogP contribution in [0.25, 0.3) is 0 Å². The third kappa shape index (κ3) is 3.37. The van der Waals surface area contributed by atoms with Crippen molar-refractivity contribution < 1.29 is 19.4 Å². The molecule has 2 saturated heterocycles. The smallest absolute Gasteiger partial charge is 0.326 e. The predicted molar refractivity (Wildman–Crippen MR) is 69.0 cm³/mol. The summed E-state index contributed by atoms with van der Waals surface area (Å²) in [6.45, 7) is 4.09. The molecule has 19 heavy (non-hydrogen) atoms. The Balaban J connectivity index is 2.07. The van der Waals surface area contributed by atoms with Gasteiger partial charge in [-0.15, -0.1) is 0 Å². The lowest BCUT2D eigenvalue weighted by atomic mass is 10.1. The topological polar surface area (TPSA) is 70.1 Å². The van der Waals surface area contributed by atoms with E-state index in [1.54, 1.807) is 4.90 Å². The Labute approximate surface area is 113 Å². The van der Waals surface area contributed by atoms with Gasteiger partial charge in [-0.25, -0.2) is 9.59 Å². The maximum Gasteiger partial charge on any atom is 0.326 e. The van der Waals surface area contributed by atoms with Crippen LogP contribution >= 0.6 is 0 Å². The SMILES string of the molecule is CC1CN(C(=O)N2CCCCCC2C(=O)O)CCO1. The van der Waals surface area contributed by atoms with E-state index in [4.69, 9.17) is 4.74 Å². The quantitative estimate of drug-likeness (QED) is 0.776. The molecule has 0 saturated carbocycles. The summed E-state index contributed by atoms with van der Waals surface area (Å²) in [6, 6.07) is -0.822. The standard InChI is InChI=1S/C13H22N2O4/c1-10-9-14(7-8-19-10)13(18)15-6-4-2-3-5-11(15)12(16)17/h10-11H,2-9H2,1H3,(H,16,17). The van der Waals surface area contributed by atoms with E-state index in [1.807, 2.05) is 6.92 Å². The van der Waals surface area contributed by atoms with Crippen LogP contribution < -0.4 is 0 Å². The molecule has 0 aromatic heterocycles. The van der Waals surface area contributed by atoms with Crippen LogP contribution in [0.5, 0.6) is 0 Å². The van der Waals surface area contributed by atoms with Gasteiger partial charge in [0.05, 0.1) is 12.7 Å². The summed E-state index contributed by atoms with van der Waals surface area (Å²) in [6.07, 6.45) is 3.33. The largest absolute Gasteiger partial charge is 0.480 e. The Morgan fingerprint density at radius 2 is 2.00 bits per heavy atom. The van der Waals surface area contributed by atoms with Crippen LogP contribution in [-0.2, 0) is 9.53 Å². The average molecular weight is 270 g/mol. The summed E-state index contributed by atoms with van der Waals surface area (Å²) < 4.78 is 5.42. The van der Waals surface area contributed by atoms with Gasteiger partial charge in [-0.2, -0.15) is 0 Å². The van der Waals surface area contributed by atoms with E-state index in [0.717, 1.165) is 19.3 Å². The zero-order valence-electron chi connectivity index (χ0n) is 11.4. The Kier molecular flexibility index (Phi) is 4.63. The number of carbonyl (C=O) groups is 2. The minimum atomic E-state index is -0.892. The van der Waals surface area contributed by atoms with Gasteiger partial charge in [0.2, 0.25) is 0 Å². The number of carboxylic acid groups (broad SMARTS) is 1. The van der Waals surface area contributed by atoms with Gasteiger partial charge < -0.3 is 19.6 Å². The van der Waals surface area contributed by atoms with Crippen molar-refractivity contribution in [1.82, 2.24) is 9.80 Å². The minimum absolute atomic E-state index is 0.0213. The van der Waals surface area contributed by atoms with Crippen molar-refractivity contribution in [3.8, 4) is 0 Å². The number of hydrogen-bond donors (Lipinski definition) is 1. The summed E-state index contributed by atoms with van der Waals surface area (Å²) in [5.74, 6) is -0.892. The molecular weight excluding hydrogens is 248 g/mol. The fourth-order valence-electron chi connectivity index (χ4n) is 2.77. The summed E-state index contributed by atoms with van der Waals surface area (Å²) in [4.78, 5) is 27.1. The van der Waals surface area contributed by atoms with Gasteiger partial charge in [-0.3, -0.25) is 0 Å². The summed E-state index contributed by atoms with van der Waals surface area (Å²) in [5, 5.41) is 9.30. The van der Waals surface area contributed by atoms with Crippen LogP contribution in [-0.4, -0.2) is 65.3 Å². The number of hydrogen-bond acceptors (Lipinski definition) is 3. The molecule has 6 heteroatoms. The van der Waals surface area contributed by atoms with E-state index in [9.17, 15) is 14.7 Å². The predicted octanol–water partition coefficient (Wildman–Crippen LogP) is 1.16. The van der Waals surface area contributed by atoms with E-state index in [0.29, 0.717) is 32.7 Å². The molecule has 6 nitrogen and oxygen atoms in total. The fourth-order valence-corrected chi connectivity index (χ4v) is 2.77. The Morgan fingerprint density at radius 1 is 1.21 bits per heavy atom. The van der Waals surface area contributed by atoms with Crippen LogP contribution in [0, 0.1) is 0 Å². The number of aliphatic carboxylic acids is 1. The summed E-state index contributed by atoms with van der Waals surface area (Å²) in [7, 11) is 0. The average Bonchev–Trinajstić information content (AvgIpc) is 2.63. The molecule has 0 spiro atoms. The zero-order valence-corrected chi connectivity index (χ0v) is 11.4. The van der Waals surface area contributed by atoms with Crippen molar-refractivity contribution in [1.29, 1.82) is 0 Å². The van der Waals surface area contributed by atoms with Crippen LogP contribution in [0.2, 0.25) is 0 Å². The van der Waals surface area contributed by atoms with Crippen LogP contribution in [0.15, 0.2) is 0 Å². The van der Waals surface area contributed by atoms with E-state index in [2.05, 4.69) is 0 Å². The van der Waals surface area contributed by atoms with Crippen molar-refractivity contribution in [2.24, 2.45) is 0 Å². The van der Waals surface area contributed by atoms with Crippen molar-refractivity contribution in [2.75, 3.05) is 26.2 Å². The number of rotatable bonds is 1. The van der Waals surface area contributed by atoms with Crippen molar-refractivity contribution in [2.45, 2.75) is 44.8 Å². The highest BCUT2D eigenvalue weighted by Gasteiger charge is 2.34. The van der Waals surface area contributed by atoms with Crippen LogP contribution in [0.3, 0.4) is 0 Å². The van der Waals surface area contributed by atoms with Gasteiger partial charge in [0.1, 0.15) is 6.04 Å². The molecule has 2 rings (SSSR count). The van der Waals surface area contributed by atoms with Gasteiger partial charge >= 0.3 is 12.0 Å². The van der Waals surface area contributed by atoms with Crippen molar-refractivity contribution in [3.63, 3.8) is 0 Å². The number of carboxylic acids is 1. The number of ether oxygens (including phenoxy) is 1. The molecule has 2 fully saturated rings. The van der Waals surface area contributed by atoms with E-state index >= 15 is 0 Å². The molecule has 0 aromatic rings. The number of nitrogens with zero attached hydrogens (tertiary/aromatic N) is 2. The summed E-state index contributed by atoms with van der Waals surface area (Å²) in [5.41, 5.74) is 0. The molecule has 2 atom stereocenters. The summed E-state index contributed by atoms with van der Waals surface area (Å²) >= 11 is 0. The maximum absolute atomic E-state index is 12.5. The van der Waals surface area contributed by atoms with Crippen LogP contribution in [0.1, 0.15) is 32.6 Å². The first-order chi connectivity index (χ1) is 9.09. The first-order valence-corrected chi connectivity index (χ1v) is 6.99. The maximum atomic E-state index is 12.5. The minimum Gasteiger partial charge on any atom is -0.480 e. The Morgan fingerprint density at radius 3 is 2.68 bits per heavy atom. The number of urea groups is 1. The molecule has 1 N–H and O–H groups in total. The lowest BCUT2D eigenvalue weighted by molar-refractivity contribution is -0.142. The number of morpholine rings is 1. The molecule has 2 aliphatic heterocycles. The monoisotopic (exact) mass is 270 g/mol. The third-order valence-electron chi connectivity index (χ3n) is 3.80. The molecule has 0 bridgehead atoms. The highest BCUT2D eigenvalue weighted by Crippen LogP contribution is 2.19. The second-order valence-electron chi connectivity index (χ2n) is 5.31. The lowest BCUT2D eigenvalue weighted by Gasteiger charge is -2.37. The first-order valence-electron chi connectivity index (χ1n) is 6.99. The molecular formula is C13H22N2O4. The first kappa shape index (κ1) is 14.1. The molecule has 108 valence electrons. The van der Waals surface area contributed by atoms with E-state index < -0.39 is 12.0 Å². The van der Waals surface area contributed by atoms with E-state index in [1.165, 1.54) is 4.90 Å². The van der Waals surface area contributed by atoms with Gasteiger partial charge in [0, 0.05) is 19.6 Å². The van der Waals surface area contributed by atoms with Crippen molar-refractivity contribution in [3.05, 3.63) is 0 Å². The molecule has 0 radical (unpaired) electrons. The molecule has 2 heterocycles.